The first-order valence-corrected chi connectivity index (χ1v) is 12.4. The van der Waals surface area contributed by atoms with Crippen molar-refractivity contribution in [3.05, 3.63) is 49.8 Å². The molecule has 1 aliphatic rings. The van der Waals surface area contributed by atoms with Crippen LogP contribution in [-0.2, 0) is 23.5 Å². The van der Waals surface area contributed by atoms with E-state index in [0.717, 1.165) is 0 Å². The largest absolute Gasteiger partial charge is 0.147 e. The van der Waals surface area contributed by atoms with Gasteiger partial charge in [-0.05, 0) is 0 Å². The van der Waals surface area contributed by atoms with Crippen molar-refractivity contribution in [1.29, 1.82) is 0 Å². The molecule has 0 saturated carbocycles. The molecule has 0 radical (unpaired) electrons. The Morgan fingerprint density at radius 1 is 0.960 bits per heavy atom. The minimum atomic E-state index is -0.759. The zero-order chi connectivity index (χ0) is 17.4. The molecule has 0 aliphatic heterocycles. The zero-order valence-electron chi connectivity index (χ0n) is 16.8. The molecule has 0 fully saturated rings. The summed E-state index contributed by atoms with van der Waals surface area (Å²) >= 11 is -0.759. The summed E-state index contributed by atoms with van der Waals surface area (Å²) in [6.45, 7) is 18.8. The topological polar surface area (TPSA) is 12.0 Å². The molecule has 2 rings (SSSR count). The molecule has 1 atom stereocenters. The van der Waals surface area contributed by atoms with Gasteiger partial charge in [0.2, 0.25) is 0 Å². The average molecular weight is 478 g/mol. The Bertz CT molecular complexity index is 677. The van der Waals surface area contributed by atoms with Gasteiger partial charge < -0.3 is 0 Å². The summed E-state index contributed by atoms with van der Waals surface area (Å²) in [6.07, 6.45) is 0. The van der Waals surface area contributed by atoms with E-state index in [2.05, 4.69) is 82.9 Å². The first-order valence-electron chi connectivity index (χ1n) is 8.53. The van der Waals surface area contributed by atoms with Gasteiger partial charge in [0.05, 0.1) is 0 Å². The van der Waals surface area contributed by atoms with Crippen LogP contribution in [0.5, 0.6) is 0 Å². The Balaban J connectivity index is 0.00000288. The Morgan fingerprint density at radius 2 is 1.52 bits per heavy atom. The van der Waals surface area contributed by atoms with Crippen LogP contribution in [0.4, 0.5) is 0 Å². The second-order valence-electron chi connectivity index (χ2n) is 8.19. The Labute approximate surface area is 181 Å². The van der Waals surface area contributed by atoms with Gasteiger partial charge in [-0.25, -0.2) is 0 Å². The van der Waals surface area contributed by atoms with E-state index in [1.54, 1.807) is 25.2 Å². The summed E-state index contributed by atoms with van der Waals surface area (Å²) in [5.74, 6) is 0. The molecule has 0 aromatic heterocycles. The number of benzene rings is 1. The van der Waals surface area contributed by atoms with E-state index in [9.17, 15) is 0 Å². The number of nitrogens with one attached hydrogen (secondary N) is 1. The summed E-state index contributed by atoms with van der Waals surface area (Å²) in [4.78, 5) is 0. The number of allylic oxidation sites excluding steroid dienone is 4. The SMILES string of the molecule is CC1=C(C)C(C)([SiH2]c2ccccc2C)[C]([Zr][NH]C(C)(C)C)=C1C.Cl.Cl. The summed E-state index contributed by atoms with van der Waals surface area (Å²) < 4.78 is 5.69. The van der Waals surface area contributed by atoms with E-state index in [1.807, 2.05) is 0 Å². The maximum atomic E-state index is 3.90. The van der Waals surface area contributed by atoms with Crippen LogP contribution in [0.2, 0.25) is 5.04 Å². The number of hydrogen-bond acceptors (Lipinski definition) is 1. The third-order valence-corrected chi connectivity index (χ3v) is 13.9. The van der Waals surface area contributed by atoms with Crippen molar-refractivity contribution < 1.29 is 23.5 Å². The number of hydrogen-bond donors (Lipinski definition) is 1. The van der Waals surface area contributed by atoms with Crippen molar-refractivity contribution in [2.75, 3.05) is 0 Å². The molecule has 1 unspecified atom stereocenters. The van der Waals surface area contributed by atoms with Crippen LogP contribution in [0.3, 0.4) is 0 Å². The molecule has 0 spiro atoms. The maximum absolute atomic E-state index is 3.90. The molecule has 1 aliphatic carbocycles. The second kappa shape index (κ2) is 9.51. The van der Waals surface area contributed by atoms with E-state index in [4.69, 9.17) is 0 Å². The molecule has 1 aromatic rings. The zero-order valence-corrected chi connectivity index (χ0v) is 22.3. The van der Waals surface area contributed by atoms with Crippen molar-refractivity contribution in [3.8, 4) is 0 Å². The van der Waals surface area contributed by atoms with Gasteiger partial charge in [-0.1, -0.05) is 0 Å². The van der Waals surface area contributed by atoms with Gasteiger partial charge in [0.1, 0.15) is 0 Å². The molecule has 1 nitrogen and oxygen atoms in total. The first kappa shape index (κ1) is 25.3. The van der Waals surface area contributed by atoms with Crippen molar-refractivity contribution in [3.63, 3.8) is 0 Å². The average Bonchev–Trinajstić information content (AvgIpc) is 2.61. The van der Waals surface area contributed by atoms with Crippen LogP contribution < -0.4 is 8.45 Å². The van der Waals surface area contributed by atoms with E-state index >= 15 is 0 Å². The van der Waals surface area contributed by atoms with Crippen molar-refractivity contribution in [2.45, 2.75) is 66.0 Å². The van der Waals surface area contributed by atoms with Crippen LogP contribution in [0.15, 0.2) is 44.3 Å². The number of rotatable bonds is 4. The Morgan fingerprint density at radius 3 is 2.04 bits per heavy atom. The summed E-state index contributed by atoms with van der Waals surface area (Å²) in [7, 11) is -0.396. The van der Waals surface area contributed by atoms with E-state index < -0.39 is 33.0 Å². The molecule has 1 aromatic carbocycles. The van der Waals surface area contributed by atoms with Gasteiger partial charge in [-0.15, -0.1) is 24.8 Å². The third kappa shape index (κ3) is 5.66. The third-order valence-electron chi connectivity index (χ3n) is 5.25. The van der Waals surface area contributed by atoms with E-state index in [0.29, 0.717) is 5.04 Å². The number of aryl methyl sites for hydroxylation is 1. The fourth-order valence-corrected chi connectivity index (χ4v) is 10.2. The Hall–Kier alpha value is 0.340. The summed E-state index contributed by atoms with van der Waals surface area (Å²) in [5.41, 5.74) is 6.49. The molecule has 1 N–H and O–H groups in total. The molecule has 25 heavy (non-hydrogen) atoms. The number of halogens is 2. The molecule has 140 valence electrons. The Kier molecular flexibility index (Phi) is 9.64. The van der Waals surface area contributed by atoms with Gasteiger partial charge in [0, 0.05) is 0 Å². The minimum absolute atomic E-state index is 0. The van der Waals surface area contributed by atoms with Gasteiger partial charge in [-0.2, -0.15) is 0 Å². The smallest absolute Gasteiger partial charge is 0.147 e. The van der Waals surface area contributed by atoms with Crippen molar-refractivity contribution in [2.24, 2.45) is 0 Å². The van der Waals surface area contributed by atoms with Gasteiger partial charge in [0.25, 0.3) is 0 Å². The van der Waals surface area contributed by atoms with Crippen molar-refractivity contribution in [1.82, 2.24) is 3.26 Å². The fourth-order valence-electron chi connectivity index (χ4n) is 3.38. The van der Waals surface area contributed by atoms with E-state index in [-0.39, 0.29) is 30.4 Å². The first-order chi connectivity index (χ1) is 10.6. The van der Waals surface area contributed by atoms with Crippen LogP contribution in [0, 0.1) is 6.92 Å². The van der Waals surface area contributed by atoms with Crippen LogP contribution >= 0.6 is 24.8 Å². The van der Waals surface area contributed by atoms with Crippen molar-refractivity contribution >= 4 is 39.5 Å². The predicted octanol–water partition coefficient (Wildman–Crippen LogP) is 4.82. The molecule has 0 bridgehead atoms. The predicted molar refractivity (Wildman–Crippen MR) is 116 cm³/mol. The van der Waals surface area contributed by atoms with Crippen LogP contribution in [-0.4, -0.2) is 15.1 Å². The van der Waals surface area contributed by atoms with Gasteiger partial charge in [0.15, 0.2) is 0 Å². The normalized spacial score (nSPS) is 20.8. The minimum Gasteiger partial charge on any atom is -0.147 e. The quantitative estimate of drug-likeness (QED) is 0.613. The van der Waals surface area contributed by atoms with Crippen LogP contribution in [0.1, 0.15) is 54.0 Å². The molecule has 0 amide bonds. The molecule has 0 saturated heterocycles. The summed E-state index contributed by atoms with van der Waals surface area (Å²) in [6, 6.07) is 9.01. The molecule has 5 heteroatoms. The molecular weight excluding hydrogens is 444 g/mol. The fraction of sp³-hybridized carbons (Fsp3) is 0.500. The van der Waals surface area contributed by atoms with Gasteiger partial charge >= 0.3 is 157 Å². The van der Waals surface area contributed by atoms with Crippen LogP contribution in [0.25, 0.3) is 0 Å². The maximum Gasteiger partial charge on any atom is -0.147 e. The molecular formula is C20H33Cl2NSiZr. The molecule has 0 heterocycles. The second-order valence-corrected chi connectivity index (χ2v) is 13.2. The van der Waals surface area contributed by atoms with Gasteiger partial charge in [-0.3, -0.25) is 0 Å². The monoisotopic (exact) mass is 475 g/mol. The van der Waals surface area contributed by atoms with E-state index in [1.165, 1.54) is 5.56 Å². The standard InChI is InChI=1S/C16H21Si.C4H10N.2ClH.Zr/c1-11-8-6-7-9-15(11)17-16(5)10-12(2)13(3)14(16)4;1-4(2,3)5;;;/h6-9H,17H2,1-5H3;5H,1-3H3;2*1H;/q;-1;;;+1. The summed E-state index contributed by atoms with van der Waals surface area (Å²) in [5, 5.41) is 1.97.